The van der Waals surface area contributed by atoms with Crippen molar-refractivity contribution in [1.29, 1.82) is 0 Å². The van der Waals surface area contributed by atoms with Gasteiger partial charge in [-0.05, 0) is 35.7 Å². The SMILES string of the molecule is Cc1cc(-c2ccc3cc2-3)co1. The first kappa shape index (κ1) is 6.06. The van der Waals surface area contributed by atoms with Gasteiger partial charge in [-0.15, -0.1) is 0 Å². The van der Waals surface area contributed by atoms with Gasteiger partial charge in [0.15, 0.2) is 0 Å². The zero-order chi connectivity index (χ0) is 8.13. The van der Waals surface area contributed by atoms with Crippen LogP contribution in [-0.4, -0.2) is 0 Å². The molecule has 1 aromatic rings. The molecule has 0 fully saturated rings. The summed E-state index contributed by atoms with van der Waals surface area (Å²) in [5, 5.41) is 0. The summed E-state index contributed by atoms with van der Waals surface area (Å²) >= 11 is 0. The molecule has 2 aliphatic carbocycles. The van der Waals surface area contributed by atoms with Crippen LogP contribution in [-0.2, 0) is 0 Å². The van der Waals surface area contributed by atoms with Crippen LogP contribution in [0.3, 0.4) is 0 Å². The van der Waals surface area contributed by atoms with Crippen molar-refractivity contribution in [2.75, 3.05) is 0 Å². The Hall–Kier alpha value is -1.50. The van der Waals surface area contributed by atoms with E-state index >= 15 is 0 Å². The van der Waals surface area contributed by atoms with Crippen molar-refractivity contribution in [3.05, 3.63) is 36.3 Å². The Morgan fingerprint density at radius 2 is 1.92 bits per heavy atom. The summed E-state index contributed by atoms with van der Waals surface area (Å²) in [5.74, 6) is 0.973. The molecule has 0 aliphatic heterocycles. The van der Waals surface area contributed by atoms with Gasteiger partial charge in [-0.1, -0.05) is 12.1 Å². The monoisotopic (exact) mass is 156 g/mol. The van der Waals surface area contributed by atoms with Crippen LogP contribution < -0.4 is 0 Å². The lowest BCUT2D eigenvalue weighted by atomic mass is 10.1. The Balaban J connectivity index is 2.16. The summed E-state index contributed by atoms with van der Waals surface area (Å²) in [6.45, 7) is 1.97. The maximum Gasteiger partial charge on any atom is 0.101 e. The molecule has 0 radical (unpaired) electrons. The molecule has 0 N–H and O–H groups in total. The van der Waals surface area contributed by atoms with Crippen LogP contribution in [0.15, 0.2) is 34.9 Å². The fourth-order valence-corrected chi connectivity index (χ4v) is 1.59. The molecule has 0 spiro atoms. The molecule has 0 amide bonds. The van der Waals surface area contributed by atoms with E-state index in [9.17, 15) is 0 Å². The zero-order valence-electron chi connectivity index (χ0n) is 6.79. The molecule has 3 rings (SSSR count). The highest BCUT2D eigenvalue weighted by Gasteiger charge is 2.18. The lowest BCUT2D eigenvalue weighted by Crippen LogP contribution is -1.64. The maximum atomic E-state index is 5.25. The fraction of sp³-hybridized carbons (Fsp3) is 0.0909. The minimum atomic E-state index is 0.973. The Morgan fingerprint density at radius 1 is 1.00 bits per heavy atom. The van der Waals surface area contributed by atoms with E-state index in [1.807, 2.05) is 13.2 Å². The number of aryl methyl sites for hydroxylation is 1. The van der Waals surface area contributed by atoms with Crippen LogP contribution >= 0.6 is 0 Å². The van der Waals surface area contributed by atoms with Gasteiger partial charge in [0.1, 0.15) is 5.76 Å². The molecule has 0 saturated heterocycles. The number of rotatable bonds is 1. The zero-order valence-corrected chi connectivity index (χ0v) is 6.79. The van der Waals surface area contributed by atoms with E-state index in [1.165, 1.54) is 22.3 Å². The minimum absolute atomic E-state index is 0.973. The Bertz CT molecular complexity index is 452. The van der Waals surface area contributed by atoms with Crippen molar-refractivity contribution < 1.29 is 4.42 Å². The highest BCUT2D eigenvalue weighted by atomic mass is 16.3. The second-order valence-electron chi connectivity index (χ2n) is 3.21. The van der Waals surface area contributed by atoms with Gasteiger partial charge in [0.05, 0.1) is 6.26 Å². The first-order valence-electron chi connectivity index (χ1n) is 4.04. The smallest absolute Gasteiger partial charge is 0.101 e. The third-order valence-corrected chi connectivity index (χ3v) is 2.29. The van der Waals surface area contributed by atoms with Crippen molar-refractivity contribution in [2.24, 2.45) is 0 Å². The molecule has 2 aliphatic rings. The van der Waals surface area contributed by atoms with E-state index in [2.05, 4.69) is 24.3 Å². The van der Waals surface area contributed by atoms with Crippen molar-refractivity contribution in [1.82, 2.24) is 0 Å². The van der Waals surface area contributed by atoms with Crippen LogP contribution in [0.1, 0.15) is 5.76 Å². The molecule has 58 valence electrons. The quantitative estimate of drug-likeness (QED) is 0.527. The van der Waals surface area contributed by atoms with Gasteiger partial charge >= 0.3 is 0 Å². The molecule has 0 bridgehead atoms. The largest absolute Gasteiger partial charge is 0.469 e. The van der Waals surface area contributed by atoms with Gasteiger partial charge in [0.2, 0.25) is 0 Å². The summed E-state index contributed by atoms with van der Waals surface area (Å²) in [6, 6.07) is 8.56. The normalized spacial score (nSPS) is 11.8. The maximum absolute atomic E-state index is 5.25. The van der Waals surface area contributed by atoms with Crippen molar-refractivity contribution in [2.45, 2.75) is 6.92 Å². The highest BCUT2D eigenvalue weighted by molar-refractivity contribution is 5.95. The minimum Gasteiger partial charge on any atom is -0.469 e. The number of fused-ring (bicyclic) bond motifs is 1. The van der Waals surface area contributed by atoms with Crippen molar-refractivity contribution in [3.63, 3.8) is 0 Å². The van der Waals surface area contributed by atoms with Gasteiger partial charge < -0.3 is 4.42 Å². The summed E-state index contributed by atoms with van der Waals surface area (Å²) in [6.07, 6.45) is 1.82. The van der Waals surface area contributed by atoms with Crippen molar-refractivity contribution >= 4 is 0 Å². The summed E-state index contributed by atoms with van der Waals surface area (Å²) in [5.41, 5.74) is 5.27. The van der Waals surface area contributed by atoms with E-state index in [0.717, 1.165) is 5.76 Å². The first-order chi connectivity index (χ1) is 5.84. The fourth-order valence-electron chi connectivity index (χ4n) is 1.59. The molecule has 0 atom stereocenters. The number of furan rings is 1. The molecule has 1 nitrogen and oxygen atoms in total. The number of benzene rings is 1. The third kappa shape index (κ3) is 0.681. The van der Waals surface area contributed by atoms with Gasteiger partial charge in [0.25, 0.3) is 0 Å². The Labute approximate surface area is 70.6 Å². The van der Waals surface area contributed by atoms with E-state index in [4.69, 9.17) is 4.42 Å². The first-order valence-corrected chi connectivity index (χ1v) is 4.04. The summed E-state index contributed by atoms with van der Waals surface area (Å²) in [7, 11) is 0. The van der Waals surface area contributed by atoms with Gasteiger partial charge in [-0.3, -0.25) is 0 Å². The van der Waals surface area contributed by atoms with E-state index < -0.39 is 0 Å². The highest BCUT2D eigenvalue weighted by Crippen LogP contribution is 2.44. The van der Waals surface area contributed by atoms with Crippen molar-refractivity contribution in [3.8, 4) is 22.3 Å². The Kier molecular flexibility index (Phi) is 0.912. The third-order valence-electron chi connectivity index (χ3n) is 2.29. The second-order valence-corrected chi connectivity index (χ2v) is 3.21. The average molecular weight is 156 g/mol. The molecule has 1 aromatic heterocycles. The van der Waals surface area contributed by atoms with Gasteiger partial charge in [0, 0.05) is 5.56 Å². The van der Waals surface area contributed by atoms with Crippen LogP contribution in [0.25, 0.3) is 22.3 Å². The van der Waals surface area contributed by atoms with Gasteiger partial charge in [-0.25, -0.2) is 0 Å². The molecular formula is C11H8O. The van der Waals surface area contributed by atoms with E-state index in [1.54, 1.807) is 0 Å². The lowest BCUT2D eigenvalue weighted by molar-refractivity contribution is 0.535. The molecule has 12 heavy (non-hydrogen) atoms. The Morgan fingerprint density at radius 3 is 2.42 bits per heavy atom. The topological polar surface area (TPSA) is 13.1 Å². The number of hydrogen-bond acceptors (Lipinski definition) is 1. The molecule has 1 heteroatoms. The van der Waals surface area contributed by atoms with E-state index in [-0.39, 0.29) is 0 Å². The van der Waals surface area contributed by atoms with Crippen LogP contribution in [0.2, 0.25) is 0 Å². The van der Waals surface area contributed by atoms with Crippen LogP contribution in [0.5, 0.6) is 0 Å². The lowest BCUT2D eigenvalue weighted by Gasteiger charge is -1.87. The molecule has 0 aromatic carbocycles. The standard InChI is InChI=1S/C11H8O/c1-7-4-9(6-12-7)10-3-2-8-5-11(8)10/h2-6H,1H3. The predicted molar refractivity (Wildman–Crippen MR) is 47.9 cm³/mol. The van der Waals surface area contributed by atoms with E-state index in [0.29, 0.717) is 0 Å². The molecule has 1 heterocycles. The average Bonchev–Trinajstić information content (AvgIpc) is 2.53. The van der Waals surface area contributed by atoms with Crippen LogP contribution in [0.4, 0.5) is 0 Å². The number of hydrogen-bond donors (Lipinski definition) is 0. The molecular weight excluding hydrogens is 148 g/mol. The predicted octanol–water partition coefficient (Wildman–Crippen LogP) is 3.24. The summed E-state index contributed by atoms with van der Waals surface area (Å²) in [4.78, 5) is 0. The second kappa shape index (κ2) is 1.81. The molecule has 0 saturated carbocycles. The summed E-state index contributed by atoms with van der Waals surface area (Å²) < 4.78 is 5.25. The van der Waals surface area contributed by atoms with Gasteiger partial charge in [-0.2, -0.15) is 0 Å². The molecule has 0 unspecified atom stereocenters. The van der Waals surface area contributed by atoms with Crippen LogP contribution in [0, 0.1) is 6.92 Å².